The molecular weight excluding hydrogens is 308 g/mol. The molecule has 0 aromatic heterocycles. The minimum Gasteiger partial charge on any atom is -0.393 e. The molecule has 2 N–H and O–H groups in total. The maximum Gasteiger partial charge on any atom is 0.0650 e. The second-order valence-corrected chi connectivity index (χ2v) is 10.6. The van der Waals surface area contributed by atoms with Gasteiger partial charge in [0, 0.05) is 0 Å². The molecule has 0 bridgehead atoms. The minimum absolute atomic E-state index is 0.137. The quantitative estimate of drug-likeness (QED) is 0.739. The van der Waals surface area contributed by atoms with Gasteiger partial charge in [-0.15, -0.1) is 0 Å². The molecule has 4 aliphatic carbocycles. The lowest BCUT2D eigenvalue weighted by atomic mass is 9.48. The molecule has 0 heterocycles. The molecule has 4 saturated carbocycles. The fraction of sp³-hybridized carbons (Fsp3) is 1.00. The summed E-state index contributed by atoms with van der Waals surface area (Å²) in [6.45, 7) is 6.74. The summed E-state index contributed by atoms with van der Waals surface area (Å²) in [6.07, 6.45) is 13.4. The number of hydrogen-bond acceptors (Lipinski definition) is 2. The van der Waals surface area contributed by atoms with E-state index in [0.29, 0.717) is 11.3 Å². The van der Waals surface area contributed by atoms with Gasteiger partial charge >= 0.3 is 0 Å². The summed E-state index contributed by atoms with van der Waals surface area (Å²) < 4.78 is 0. The van der Waals surface area contributed by atoms with Gasteiger partial charge in [0.15, 0.2) is 0 Å². The van der Waals surface area contributed by atoms with Crippen molar-refractivity contribution >= 4 is 0 Å². The van der Waals surface area contributed by atoms with E-state index >= 15 is 0 Å². The Morgan fingerprint density at radius 1 is 0.960 bits per heavy atom. The van der Waals surface area contributed by atoms with Crippen LogP contribution in [0, 0.1) is 40.9 Å². The van der Waals surface area contributed by atoms with Crippen molar-refractivity contribution < 1.29 is 10.2 Å². The fourth-order valence-corrected chi connectivity index (χ4v) is 8.49. The first kappa shape index (κ1) is 18.3. The molecule has 2 heteroatoms. The van der Waals surface area contributed by atoms with Gasteiger partial charge in [0.2, 0.25) is 0 Å². The number of hydrogen-bond donors (Lipinski definition) is 2. The van der Waals surface area contributed by atoms with Crippen molar-refractivity contribution in [1.82, 2.24) is 0 Å². The number of rotatable bonds is 3. The van der Waals surface area contributed by atoms with Crippen LogP contribution in [0.5, 0.6) is 0 Å². The van der Waals surface area contributed by atoms with Crippen molar-refractivity contribution in [2.45, 2.75) is 103 Å². The van der Waals surface area contributed by atoms with Crippen LogP contribution in [0.15, 0.2) is 0 Å². The van der Waals surface area contributed by atoms with Gasteiger partial charge in [-0.05, 0) is 112 Å². The van der Waals surface area contributed by atoms with Gasteiger partial charge < -0.3 is 10.2 Å². The molecule has 0 unspecified atom stereocenters. The fourth-order valence-electron chi connectivity index (χ4n) is 8.49. The van der Waals surface area contributed by atoms with Gasteiger partial charge in [0.1, 0.15) is 0 Å². The van der Waals surface area contributed by atoms with Crippen LogP contribution >= 0.6 is 0 Å². The molecule has 0 amide bonds. The lowest BCUT2D eigenvalue weighted by molar-refractivity contribution is -0.113. The van der Waals surface area contributed by atoms with Gasteiger partial charge in [0.05, 0.1) is 11.7 Å². The largest absolute Gasteiger partial charge is 0.393 e. The van der Waals surface area contributed by atoms with E-state index in [1.54, 1.807) is 0 Å². The van der Waals surface area contributed by atoms with E-state index in [1.807, 2.05) is 6.92 Å². The smallest absolute Gasteiger partial charge is 0.0650 e. The van der Waals surface area contributed by atoms with E-state index in [0.717, 1.165) is 55.3 Å². The van der Waals surface area contributed by atoms with Crippen molar-refractivity contribution in [3.8, 4) is 0 Å². The molecule has 0 aromatic rings. The predicted molar refractivity (Wildman–Crippen MR) is 102 cm³/mol. The maximum atomic E-state index is 11.0. The van der Waals surface area contributed by atoms with E-state index < -0.39 is 0 Å². The van der Waals surface area contributed by atoms with Crippen molar-refractivity contribution in [2.24, 2.45) is 40.9 Å². The summed E-state index contributed by atoms with van der Waals surface area (Å²) in [5, 5.41) is 21.3. The van der Waals surface area contributed by atoms with E-state index in [-0.39, 0.29) is 11.7 Å². The first-order chi connectivity index (χ1) is 11.9. The van der Waals surface area contributed by atoms with Gasteiger partial charge in [-0.2, -0.15) is 0 Å². The molecule has 0 saturated heterocycles. The van der Waals surface area contributed by atoms with Gasteiger partial charge in [-0.3, -0.25) is 0 Å². The summed E-state index contributed by atoms with van der Waals surface area (Å²) in [5.41, 5.74) is 0.0382. The molecule has 4 aliphatic rings. The second-order valence-electron chi connectivity index (χ2n) is 10.6. The molecule has 2 nitrogen and oxygen atoms in total. The first-order valence-electron chi connectivity index (χ1n) is 11.3. The predicted octanol–water partition coefficient (Wildman–Crippen LogP) is 5.17. The van der Waals surface area contributed by atoms with Crippen LogP contribution in [0.25, 0.3) is 0 Å². The van der Waals surface area contributed by atoms with Crippen LogP contribution in [0.4, 0.5) is 0 Å². The van der Waals surface area contributed by atoms with Crippen LogP contribution < -0.4 is 0 Å². The highest BCUT2D eigenvalue weighted by Crippen LogP contribution is 2.65. The Bertz CT molecular complexity index is 488. The normalized spacial score (nSPS) is 53.6. The third-order valence-corrected chi connectivity index (χ3v) is 9.47. The lowest BCUT2D eigenvalue weighted by Gasteiger charge is -2.57. The topological polar surface area (TPSA) is 40.5 Å². The van der Waals surface area contributed by atoms with Gasteiger partial charge in [-0.1, -0.05) is 20.3 Å². The summed E-state index contributed by atoms with van der Waals surface area (Å²) >= 11 is 0. The molecule has 0 aromatic carbocycles. The van der Waals surface area contributed by atoms with Crippen molar-refractivity contribution in [2.75, 3.05) is 0 Å². The van der Waals surface area contributed by atoms with Crippen LogP contribution in [0.1, 0.15) is 91.4 Å². The zero-order valence-electron chi connectivity index (χ0n) is 16.7. The summed E-state index contributed by atoms with van der Waals surface area (Å²) in [7, 11) is 0. The number of fused-ring (bicyclic) bond motifs is 5. The summed E-state index contributed by atoms with van der Waals surface area (Å²) in [4.78, 5) is 0. The average molecular weight is 349 g/mol. The zero-order valence-corrected chi connectivity index (χ0v) is 16.7. The third kappa shape index (κ3) is 2.90. The van der Waals surface area contributed by atoms with Crippen LogP contribution in [-0.4, -0.2) is 21.9 Å². The molecule has 144 valence electrons. The zero-order chi connectivity index (χ0) is 17.8. The third-order valence-electron chi connectivity index (χ3n) is 9.47. The molecule has 4 fully saturated rings. The molecule has 9 atom stereocenters. The van der Waals surface area contributed by atoms with Crippen LogP contribution in [0.2, 0.25) is 0 Å². The molecule has 0 aliphatic heterocycles. The van der Waals surface area contributed by atoms with E-state index in [4.69, 9.17) is 0 Å². The maximum absolute atomic E-state index is 11.0. The Kier molecular flexibility index (Phi) is 4.77. The summed E-state index contributed by atoms with van der Waals surface area (Å²) in [5.74, 6) is 4.85. The number of aliphatic hydroxyl groups is 2. The Labute approximate surface area is 154 Å². The number of aliphatic hydroxyl groups excluding tert-OH is 1. The monoisotopic (exact) mass is 348 g/mol. The molecule has 0 radical (unpaired) electrons. The lowest BCUT2D eigenvalue weighted by Crippen LogP contribution is -2.51. The van der Waals surface area contributed by atoms with Crippen molar-refractivity contribution in [1.29, 1.82) is 0 Å². The Morgan fingerprint density at radius 2 is 1.72 bits per heavy atom. The highest BCUT2D eigenvalue weighted by molar-refractivity contribution is 5.07. The van der Waals surface area contributed by atoms with Gasteiger partial charge in [-0.25, -0.2) is 0 Å². The highest BCUT2D eigenvalue weighted by atomic mass is 16.3. The Balaban J connectivity index is 1.50. The highest BCUT2D eigenvalue weighted by Gasteiger charge is 2.58. The molecule has 0 spiro atoms. The second kappa shape index (κ2) is 6.51. The SMILES string of the molecule is CCC[C@@]1(O)CC[C@H]2[C@H](CC[C@@H]3[C@@H]2CC[C@]2(C)[C@@H]([C@H](C)O)CC[C@@H]32)C1. The standard InChI is InChI=1S/C23H40O2/c1-4-11-23(25)13-10-17-16(14-23)5-6-19-18(17)9-12-22(3)20(15(2)24)7-8-21(19)22/h15-21,24-25H,4-14H2,1-3H3/t15-,16+,17-,18+,19+,20+,21-,22+,23+/m0/s1. The van der Waals surface area contributed by atoms with E-state index in [1.165, 1.54) is 44.9 Å². The Hall–Kier alpha value is -0.0800. The Morgan fingerprint density at radius 3 is 2.44 bits per heavy atom. The van der Waals surface area contributed by atoms with Crippen molar-refractivity contribution in [3.63, 3.8) is 0 Å². The van der Waals surface area contributed by atoms with Crippen molar-refractivity contribution in [3.05, 3.63) is 0 Å². The molecule has 25 heavy (non-hydrogen) atoms. The van der Waals surface area contributed by atoms with Crippen LogP contribution in [0.3, 0.4) is 0 Å². The van der Waals surface area contributed by atoms with E-state index in [2.05, 4.69) is 13.8 Å². The van der Waals surface area contributed by atoms with Gasteiger partial charge in [0.25, 0.3) is 0 Å². The average Bonchev–Trinajstić information content (AvgIpc) is 2.91. The molecule has 4 rings (SSSR count). The van der Waals surface area contributed by atoms with E-state index in [9.17, 15) is 10.2 Å². The first-order valence-corrected chi connectivity index (χ1v) is 11.3. The minimum atomic E-state index is -0.350. The molecular formula is C23H40O2. The van der Waals surface area contributed by atoms with Crippen LogP contribution in [-0.2, 0) is 0 Å². The summed E-state index contributed by atoms with van der Waals surface area (Å²) in [6, 6.07) is 0.